The number of thiophene rings is 1. The second kappa shape index (κ2) is 10.5. The van der Waals surface area contributed by atoms with Gasteiger partial charge in [-0.2, -0.15) is 5.10 Å². The van der Waals surface area contributed by atoms with Crippen LogP contribution in [-0.4, -0.2) is 61.0 Å². The maximum atomic E-state index is 14.6. The molecule has 0 fully saturated rings. The van der Waals surface area contributed by atoms with Crippen LogP contribution in [0.15, 0.2) is 65.1 Å². The number of nitrogens with zero attached hydrogens (tertiary/aromatic N) is 3. The third-order valence-corrected chi connectivity index (χ3v) is 6.90. The summed E-state index contributed by atoms with van der Waals surface area (Å²) >= 11 is 1.31. The number of halogens is 1. The highest BCUT2D eigenvalue weighted by Gasteiger charge is 2.36. The van der Waals surface area contributed by atoms with Crippen molar-refractivity contribution in [2.24, 2.45) is 5.10 Å². The molecule has 0 saturated heterocycles. The molecule has 0 radical (unpaired) electrons. The summed E-state index contributed by atoms with van der Waals surface area (Å²) in [6.07, 6.45) is 0.309. The number of carbonyl (C=O) groups excluding carboxylic acids is 2. The number of hydrogen-bond donors (Lipinski definition) is 0. The summed E-state index contributed by atoms with van der Waals surface area (Å²) in [5, 5.41) is 7.71. The molecule has 0 saturated carbocycles. The Hall–Kier alpha value is -3.76. The van der Waals surface area contributed by atoms with E-state index in [2.05, 4.69) is 5.10 Å². The first-order valence-corrected chi connectivity index (χ1v) is 12.3. The van der Waals surface area contributed by atoms with E-state index in [4.69, 9.17) is 14.2 Å². The van der Waals surface area contributed by atoms with Crippen molar-refractivity contribution in [1.29, 1.82) is 0 Å². The molecule has 0 unspecified atom stereocenters. The van der Waals surface area contributed by atoms with Crippen molar-refractivity contribution in [3.05, 3.63) is 81.8 Å². The van der Waals surface area contributed by atoms with E-state index >= 15 is 0 Å². The van der Waals surface area contributed by atoms with Crippen LogP contribution in [0.5, 0.6) is 11.5 Å². The van der Waals surface area contributed by atoms with E-state index < -0.39 is 11.9 Å². The number of rotatable bonds is 8. The summed E-state index contributed by atoms with van der Waals surface area (Å²) in [6, 6.07) is 14.8. The molecule has 1 atom stereocenters. The summed E-state index contributed by atoms with van der Waals surface area (Å²) in [5.74, 6) is 0.146. The molecule has 2 aromatic carbocycles. The maximum Gasteiger partial charge on any atom is 0.264 e. The molecule has 8 nitrogen and oxygen atoms in total. The predicted molar refractivity (Wildman–Crippen MR) is 132 cm³/mol. The lowest BCUT2D eigenvalue weighted by molar-refractivity contribution is -0.133. The number of fused-ring (bicyclic) bond motifs is 1. The third kappa shape index (κ3) is 4.82. The van der Waals surface area contributed by atoms with Gasteiger partial charge in [0.2, 0.25) is 6.79 Å². The Bertz CT molecular complexity index is 1300. The molecule has 3 aromatic rings. The van der Waals surface area contributed by atoms with Crippen LogP contribution in [0.2, 0.25) is 0 Å². The van der Waals surface area contributed by atoms with Crippen LogP contribution in [0.4, 0.5) is 4.39 Å². The fourth-order valence-electron chi connectivity index (χ4n) is 4.22. The lowest BCUT2D eigenvalue weighted by atomic mass is 9.97. The predicted octanol–water partition coefficient (Wildman–Crippen LogP) is 4.08. The largest absolute Gasteiger partial charge is 0.454 e. The van der Waals surface area contributed by atoms with E-state index in [1.54, 1.807) is 36.4 Å². The molecule has 0 bridgehead atoms. The second-order valence-corrected chi connectivity index (χ2v) is 9.24. The van der Waals surface area contributed by atoms with Gasteiger partial charge in [0.15, 0.2) is 11.5 Å². The van der Waals surface area contributed by atoms with Gasteiger partial charge in [0.1, 0.15) is 12.4 Å². The van der Waals surface area contributed by atoms with Crippen molar-refractivity contribution in [3.63, 3.8) is 0 Å². The Labute approximate surface area is 211 Å². The number of ether oxygens (including phenoxy) is 3. The molecule has 5 rings (SSSR count). The lowest BCUT2D eigenvalue weighted by Gasteiger charge is -2.26. The highest BCUT2D eigenvalue weighted by Crippen LogP contribution is 2.39. The molecule has 10 heteroatoms. The summed E-state index contributed by atoms with van der Waals surface area (Å²) in [6.45, 7) is 0.447. The number of benzene rings is 2. The van der Waals surface area contributed by atoms with Gasteiger partial charge in [-0.05, 0) is 35.2 Å². The number of methoxy groups -OCH3 is 1. The van der Waals surface area contributed by atoms with Crippen molar-refractivity contribution in [2.75, 3.05) is 33.6 Å². The van der Waals surface area contributed by atoms with E-state index in [0.29, 0.717) is 34.1 Å². The highest BCUT2D eigenvalue weighted by molar-refractivity contribution is 7.12. The van der Waals surface area contributed by atoms with Gasteiger partial charge in [-0.1, -0.05) is 30.3 Å². The van der Waals surface area contributed by atoms with Gasteiger partial charge in [-0.15, -0.1) is 11.3 Å². The van der Waals surface area contributed by atoms with Gasteiger partial charge in [-0.3, -0.25) is 9.59 Å². The SMILES string of the molecule is COCCN(CC(=O)N1N=C(c2ccccc2F)C[C@H]1c1ccc2c(c1)OCO2)C(=O)c1cccs1. The average Bonchev–Trinajstić information content (AvgIpc) is 3.66. The van der Waals surface area contributed by atoms with Crippen LogP contribution in [0, 0.1) is 5.82 Å². The van der Waals surface area contributed by atoms with E-state index in [-0.39, 0.29) is 38.3 Å². The zero-order valence-electron chi connectivity index (χ0n) is 19.6. The lowest BCUT2D eigenvalue weighted by Crippen LogP contribution is -2.42. The molecule has 36 heavy (non-hydrogen) atoms. The number of amides is 2. The van der Waals surface area contributed by atoms with Crippen LogP contribution in [0.3, 0.4) is 0 Å². The quantitative estimate of drug-likeness (QED) is 0.457. The summed E-state index contributed by atoms with van der Waals surface area (Å²) in [7, 11) is 1.54. The van der Waals surface area contributed by atoms with Crippen molar-refractivity contribution >= 4 is 28.9 Å². The third-order valence-electron chi connectivity index (χ3n) is 6.04. The molecule has 2 aliphatic rings. The fourth-order valence-corrected chi connectivity index (χ4v) is 4.91. The topological polar surface area (TPSA) is 80.7 Å². The van der Waals surface area contributed by atoms with Gasteiger partial charge in [0.05, 0.1) is 23.2 Å². The van der Waals surface area contributed by atoms with Crippen molar-refractivity contribution in [2.45, 2.75) is 12.5 Å². The number of hydrazone groups is 1. The first-order chi connectivity index (χ1) is 17.5. The minimum atomic E-state index is -0.497. The van der Waals surface area contributed by atoms with E-state index in [1.807, 2.05) is 17.5 Å². The number of hydrogen-bond acceptors (Lipinski definition) is 7. The molecule has 2 aliphatic heterocycles. The molecule has 186 valence electrons. The zero-order valence-corrected chi connectivity index (χ0v) is 20.4. The van der Waals surface area contributed by atoms with Gasteiger partial charge >= 0.3 is 0 Å². The Morgan fingerprint density at radius 2 is 2.00 bits per heavy atom. The van der Waals surface area contributed by atoms with E-state index in [0.717, 1.165) is 5.56 Å². The first kappa shape index (κ1) is 24.0. The summed E-state index contributed by atoms with van der Waals surface area (Å²) in [5.41, 5.74) is 1.57. The molecule has 3 heterocycles. The van der Waals surface area contributed by atoms with Gasteiger partial charge in [0, 0.05) is 25.6 Å². The van der Waals surface area contributed by atoms with Crippen molar-refractivity contribution in [3.8, 4) is 11.5 Å². The number of carbonyl (C=O) groups is 2. The van der Waals surface area contributed by atoms with Gasteiger partial charge in [0.25, 0.3) is 11.8 Å². The molecule has 2 amide bonds. The fraction of sp³-hybridized carbons (Fsp3) is 0.269. The normalized spacial score (nSPS) is 16.2. The van der Waals surface area contributed by atoms with Crippen LogP contribution < -0.4 is 9.47 Å². The maximum absolute atomic E-state index is 14.6. The standard InChI is InChI=1S/C26H24FN3O5S/c1-33-11-10-29(26(32)24-7-4-12-36-24)15-25(31)30-21(17-8-9-22-23(13-17)35-16-34-22)14-20(28-30)18-5-2-3-6-19(18)27/h2-9,12-13,21H,10-11,14-16H2,1H3/t21-/m0/s1. The van der Waals surface area contributed by atoms with Crippen LogP contribution in [0.1, 0.15) is 33.3 Å². The molecule has 0 N–H and O–H groups in total. The molecule has 0 aliphatic carbocycles. The average molecular weight is 510 g/mol. The Morgan fingerprint density at radius 1 is 1.17 bits per heavy atom. The molecule has 1 aromatic heterocycles. The molecular weight excluding hydrogens is 485 g/mol. The first-order valence-electron chi connectivity index (χ1n) is 11.4. The molecular formula is C26H24FN3O5S. The van der Waals surface area contributed by atoms with Crippen molar-refractivity contribution < 1.29 is 28.2 Å². The van der Waals surface area contributed by atoms with Crippen LogP contribution in [-0.2, 0) is 9.53 Å². The van der Waals surface area contributed by atoms with E-state index in [9.17, 15) is 14.0 Å². The molecule has 0 spiro atoms. The minimum Gasteiger partial charge on any atom is -0.454 e. The van der Waals surface area contributed by atoms with Crippen molar-refractivity contribution in [1.82, 2.24) is 9.91 Å². The minimum absolute atomic E-state index is 0.127. The summed E-state index contributed by atoms with van der Waals surface area (Å²) in [4.78, 5) is 28.7. The second-order valence-electron chi connectivity index (χ2n) is 8.29. The Kier molecular flexibility index (Phi) is 6.97. The van der Waals surface area contributed by atoms with Gasteiger partial charge < -0.3 is 19.1 Å². The smallest absolute Gasteiger partial charge is 0.264 e. The Morgan fingerprint density at radius 3 is 2.78 bits per heavy atom. The van der Waals surface area contributed by atoms with Crippen LogP contribution >= 0.6 is 11.3 Å². The monoisotopic (exact) mass is 509 g/mol. The van der Waals surface area contributed by atoms with Gasteiger partial charge in [-0.25, -0.2) is 9.40 Å². The highest BCUT2D eigenvalue weighted by atomic mass is 32.1. The summed E-state index contributed by atoms with van der Waals surface area (Å²) < 4.78 is 30.7. The van der Waals surface area contributed by atoms with E-state index in [1.165, 1.54) is 34.4 Å². The zero-order chi connectivity index (χ0) is 25.1. The van der Waals surface area contributed by atoms with Crippen LogP contribution in [0.25, 0.3) is 0 Å². The Balaban J connectivity index is 1.45.